The molecule has 0 heterocycles. The Bertz CT molecular complexity index is 412. The van der Waals surface area contributed by atoms with Crippen molar-refractivity contribution in [1.29, 1.82) is 0 Å². The number of rotatable bonds is 5. The highest BCUT2D eigenvalue weighted by Gasteiger charge is 2.27. The Balaban J connectivity index is 2.02. The highest BCUT2D eigenvalue weighted by Crippen LogP contribution is 2.32. The van der Waals surface area contributed by atoms with Gasteiger partial charge in [-0.2, -0.15) is 0 Å². The molecule has 4 heteroatoms. The minimum atomic E-state index is -1.03. The molecular weight excluding hydrogens is 218 g/mol. The van der Waals surface area contributed by atoms with Crippen molar-refractivity contribution in [2.75, 3.05) is 0 Å². The van der Waals surface area contributed by atoms with Crippen molar-refractivity contribution in [2.24, 2.45) is 5.92 Å². The van der Waals surface area contributed by atoms with Crippen LogP contribution in [0.15, 0.2) is 30.3 Å². The van der Waals surface area contributed by atoms with Gasteiger partial charge in [0, 0.05) is 6.42 Å². The molecule has 2 rings (SSSR count). The van der Waals surface area contributed by atoms with Crippen LogP contribution in [-0.4, -0.2) is 17.0 Å². The van der Waals surface area contributed by atoms with Crippen LogP contribution in [-0.2, 0) is 9.59 Å². The lowest BCUT2D eigenvalue weighted by atomic mass is 10.1. The molecule has 0 radical (unpaired) electrons. The first-order valence-corrected chi connectivity index (χ1v) is 5.74. The first-order chi connectivity index (χ1) is 8.16. The zero-order valence-electron chi connectivity index (χ0n) is 9.43. The molecule has 2 N–H and O–H groups in total. The fraction of sp³-hybridized carbons (Fsp3) is 0.385. The number of benzene rings is 1. The molecule has 1 aromatic rings. The fourth-order valence-corrected chi connectivity index (χ4v) is 1.74. The van der Waals surface area contributed by atoms with Crippen molar-refractivity contribution in [3.8, 4) is 0 Å². The van der Waals surface area contributed by atoms with Crippen LogP contribution in [0.25, 0.3) is 0 Å². The van der Waals surface area contributed by atoms with Gasteiger partial charge < -0.3 is 10.4 Å². The average Bonchev–Trinajstić information content (AvgIpc) is 3.10. The van der Waals surface area contributed by atoms with Crippen molar-refractivity contribution in [3.63, 3.8) is 0 Å². The molecule has 0 aliphatic heterocycles. The maximum Gasteiger partial charge on any atom is 0.330 e. The van der Waals surface area contributed by atoms with Crippen LogP contribution in [0.1, 0.15) is 30.9 Å². The average molecular weight is 233 g/mol. The molecule has 17 heavy (non-hydrogen) atoms. The van der Waals surface area contributed by atoms with Crippen molar-refractivity contribution < 1.29 is 14.7 Å². The van der Waals surface area contributed by atoms with E-state index in [2.05, 4.69) is 5.32 Å². The number of hydrogen-bond acceptors (Lipinski definition) is 2. The molecule has 1 atom stereocenters. The van der Waals surface area contributed by atoms with Gasteiger partial charge >= 0.3 is 5.97 Å². The SMILES string of the molecule is O=C(CC1CC1)N[C@H](C(=O)O)c1ccccc1. The van der Waals surface area contributed by atoms with E-state index in [1.54, 1.807) is 24.3 Å². The van der Waals surface area contributed by atoms with Gasteiger partial charge in [0.2, 0.25) is 5.91 Å². The van der Waals surface area contributed by atoms with Gasteiger partial charge in [0.05, 0.1) is 0 Å². The summed E-state index contributed by atoms with van der Waals surface area (Å²) in [7, 11) is 0. The van der Waals surface area contributed by atoms with Crippen molar-refractivity contribution in [2.45, 2.75) is 25.3 Å². The standard InChI is InChI=1S/C13H15NO3/c15-11(8-9-6-7-9)14-12(13(16)17)10-4-2-1-3-5-10/h1-5,9,12H,6-8H2,(H,14,15)(H,16,17)/t12-/m0/s1. The molecule has 1 aliphatic rings. The number of carboxylic acids is 1. The molecule has 0 aromatic heterocycles. The molecule has 0 spiro atoms. The molecule has 90 valence electrons. The van der Waals surface area contributed by atoms with E-state index in [1.165, 1.54) is 0 Å². The largest absolute Gasteiger partial charge is 0.479 e. The lowest BCUT2D eigenvalue weighted by Crippen LogP contribution is -2.33. The van der Waals surface area contributed by atoms with Gasteiger partial charge in [-0.25, -0.2) is 4.79 Å². The lowest BCUT2D eigenvalue weighted by Gasteiger charge is -2.14. The fourth-order valence-electron chi connectivity index (χ4n) is 1.74. The second kappa shape index (κ2) is 4.99. The van der Waals surface area contributed by atoms with E-state index in [0.29, 0.717) is 17.9 Å². The molecule has 1 saturated carbocycles. The highest BCUT2D eigenvalue weighted by molar-refractivity contribution is 5.84. The van der Waals surface area contributed by atoms with Gasteiger partial charge in [-0.15, -0.1) is 0 Å². The molecule has 0 saturated heterocycles. The predicted octanol–water partition coefficient (Wildman–Crippen LogP) is 1.73. The Morgan fingerprint density at radius 2 is 1.94 bits per heavy atom. The predicted molar refractivity (Wildman–Crippen MR) is 62.3 cm³/mol. The van der Waals surface area contributed by atoms with E-state index in [4.69, 9.17) is 5.11 Å². The Kier molecular flexibility index (Phi) is 3.42. The topological polar surface area (TPSA) is 66.4 Å². The van der Waals surface area contributed by atoms with E-state index in [0.717, 1.165) is 12.8 Å². The van der Waals surface area contributed by atoms with Gasteiger partial charge in [-0.1, -0.05) is 30.3 Å². The molecule has 1 fully saturated rings. The summed E-state index contributed by atoms with van der Waals surface area (Å²) in [5.74, 6) is -0.746. The normalized spacial score (nSPS) is 16.2. The monoisotopic (exact) mass is 233 g/mol. The molecule has 4 nitrogen and oxygen atoms in total. The zero-order valence-corrected chi connectivity index (χ0v) is 9.43. The molecule has 0 unspecified atom stereocenters. The summed E-state index contributed by atoms with van der Waals surface area (Å²) in [6, 6.07) is 7.81. The zero-order chi connectivity index (χ0) is 12.3. The number of hydrogen-bond donors (Lipinski definition) is 2. The molecule has 1 aromatic carbocycles. The van der Waals surface area contributed by atoms with E-state index < -0.39 is 12.0 Å². The summed E-state index contributed by atoms with van der Waals surface area (Å²) in [5, 5.41) is 11.7. The van der Waals surface area contributed by atoms with E-state index in [1.807, 2.05) is 6.07 Å². The number of amides is 1. The Labute approximate surface area is 99.6 Å². The van der Waals surface area contributed by atoms with E-state index in [-0.39, 0.29) is 5.91 Å². The first kappa shape index (κ1) is 11.6. The van der Waals surface area contributed by atoms with Crippen LogP contribution in [0.3, 0.4) is 0 Å². The number of aliphatic carboxylic acids is 1. The number of carbonyl (C=O) groups is 2. The van der Waals surface area contributed by atoms with Crippen LogP contribution in [0.2, 0.25) is 0 Å². The third-order valence-electron chi connectivity index (χ3n) is 2.86. The van der Waals surface area contributed by atoms with Crippen molar-refractivity contribution in [3.05, 3.63) is 35.9 Å². The summed E-state index contributed by atoms with van der Waals surface area (Å²) < 4.78 is 0. The third kappa shape index (κ3) is 3.31. The molecule has 0 bridgehead atoms. The van der Waals surface area contributed by atoms with Crippen molar-refractivity contribution in [1.82, 2.24) is 5.32 Å². The third-order valence-corrected chi connectivity index (χ3v) is 2.86. The van der Waals surface area contributed by atoms with Crippen LogP contribution in [0.5, 0.6) is 0 Å². The number of carboxylic acid groups (broad SMARTS) is 1. The summed E-state index contributed by atoms with van der Waals surface area (Å²) in [5.41, 5.74) is 0.601. The molecule has 1 amide bonds. The second-order valence-corrected chi connectivity index (χ2v) is 4.40. The van der Waals surface area contributed by atoms with E-state index >= 15 is 0 Å². The number of nitrogens with one attached hydrogen (secondary N) is 1. The van der Waals surface area contributed by atoms with Gasteiger partial charge in [0.25, 0.3) is 0 Å². The maximum absolute atomic E-state index is 11.6. The van der Waals surface area contributed by atoms with Crippen molar-refractivity contribution >= 4 is 11.9 Å². The number of carbonyl (C=O) groups excluding carboxylic acids is 1. The van der Waals surface area contributed by atoms with E-state index in [9.17, 15) is 9.59 Å². The summed E-state index contributed by atoms with van der Waals surface area (Å²) >= 11 is 0. The molecule has 1 aliphatic carbocycles. The Hall–Kier alpha value is -1.84. The van der Waals surface area contributed by atoms with Gasteiger partial charge in [-0.3, -0.25) is 4.79 Å². The first-order valence-electron chi connectivity index (χ1n) is 5.74. The summed E-state index contributed by atoms with van der Waals surface area (Å²) in [4.78, 5) is 22.7. The Morgan fingerprint density at radius 3 is 2.47 bits per heavy atom. The highest BCUT2D eigenvalue weighted by atomic mass is 16.4. The minimum absolute atomic E-state index is 0.177. The second-order valence-electron chi connectivity index (χ2n) is 4.40. The maximum atomic E-state index is 11.6. The van der Waals surface area contributed by atoms with Crippen LogP contribution < -0.4 is 5.32 Å². The molecular formula is C13H15NO3. The van der Waals surface area contributed by atoms with Crippen LogP contribution in [0, 0.1) is 5.92 Å². The van der Waals surface area contributed by atoms with Gasteiger partial charge in [0.1, 0.15) is 0 Å². The summed E-state index contributed by atoms with van der Waals surface area (Å²) in [6.45, 7) is 0. The smallest absolute Gasteiger partial charge is 0.330 e. The van der Waals surface area contributed by atoms with Gasteiger partial charge in [0.15, 0.2) is 6.04 Å². The summed E-state index contributed by atoms with van der Waals surface area (Å²) in [6.07, 6.45) is 2.60. The Morgan fingerprint density at radius 1 is 1.29 bits per heavy atom. The van der Waals surface area contributed by atoms with Crippen LogP contribution >= 0.6 is 0 Å². The van der Waals surface area contributed by atoms with Crippen LogP contribution in [0.4, 0.5) is 0 Å². The quantitative estimate of drug-likeness (QED) is 0.813. The minimum Gasteiger partial charge on any atom is -0.479 e. The lowest BCUT2D eigenvalue weighted by molar-refractivity contribution is -0.142. The van der Waals surface area contributed by atoms with Gasteiger partial charge in [-0.05, 0) is 24.3 Å².